The van der Waals surface area contributed by atoms with Crippen molar-refractivity contribution in [3.63, 3.8) is 0 Å². The van der Waals surface area contributed by atoms with E-state index in [0.29, 0.717) is 23.5 Å². The molecule has 2 fully saturated rings. The maximum Gasteiger partial charge on any atom is 0.253 e. The molecular formula is C24H34N4O3S. The van der Waals surface area contributed by atoms with Gasteiger partial charge in [0.05, 0.1) is 11.4 Å². The molecule has 1 aromatic carbocycles. The van der Waals surface area contributed by atoms with E-state index in [1.165, 1.54) is 37.4 Å². The Labute approximate surface area is 194 Å². The lowest BCUT2D eigenvalue weighted by Crippen LogP contribution is -2.44. The van der Waals surface area contributed by atoms with Gasteiger partial charge in [0.25, 0.3) is 5.91 Å². The van der Waals surface area contributed by atoms with E-state index in [2.05, 4.69) is 10.2 Å². The number of hydrogen-bond donors (Lipinski definition) is 1. The van der Waals surface area contributed by atoms with Crippen molar-refractivity contribution in [1.29, 1.82) is 0 Å². The Morgan fingerprint density at radius 2 is 1.69 bits per heavy atom. The summed E-state index contributed by atoms with van der Waals surface area (Å²) in [6, 6.07) is 5.55. The number of thioether (sulfide) groups is 1. The molecule has 8 heteroatoms. The number of likely N-dealkylation sites (tertiary alicyclic amines) is 2. The van der Waals surface area contributed by atoms with Gasteiger partial charge in [-0.1, -0.05) is 6.42 Å². The lowest BCUT2D eigenvalue weighted by molar-refractivity contribution is -0.123. The molecule has 1 aromatic rings. The Balaban J connectivity index is 1.35. The molecule has 0 atom stereocenters. The minimum atomic E-state index is -0.150. The van der Waals surface area contributed by atoms with Crippen molar-refractivity contribution in [2.75, 3.05) is 56.5 Å². The van der Waals surface area contributed by atoms with Crippen molar-refractivity contribution in [2.45, 2.75) is 49.8 Å². The first kappa shape index (κ1) is 23.1. The first-order valence-electron chi connectivity index (χ1n) is 12.0. The third-order valence-corrected chi connectivity index (χ3v) is 7.56. The van der Waals surface area contributed by atoms with Crippen molar-refractivity contribution in [3.8, 4) is 0 Å². The molecule has 3 aliphatic rings. The Hall–Kier alpha value is -2.06. The van der Waals surface area contributed by atoms with E-state index >= 15 is 0 Å². The summed E-state index contributed by atoms with van der Waals surface area (Å²) in [6.07, 6.45) is 8.01. The number of fused-ring (bicyclic) bond motifs is 1. The number of amides is 3. The van der Waals surface area contributed by atoms with E-state index in [1.807, 2.05) is 17.0 Å². The second-order valence-corrected chi connectivity index (χ2v) is 9.93. The zero-order valence-electron chi connectivity index (χ0n) is 18.8. The molecular weight excluding hydrogens is 424 g/mol. The van der Waals surface area contributed by atoms with E-state index in [-0.39, 0.29) is 24.3 Å². The van der Waals surface area contributed by atoms with Gasteiger partial charge in [0, 0.05) is 30.1 Å². The van der Waals surface area contributed by atoms with Crippen LogP contribution < -0.4 is 10.2 Å². The molecule has 3 amide bonds. The molecule has 0 spiro atoms. The Morgan fingerprint density at radius 1 is 0.969 bits per heavy atom. The minimum absolute atomic E-state index is 0.00251. The van der Waals surface area contributed by atoms with Crippen LogP contribution in [0, 0.1) is 0 Å². The first-order valence-corrected chi connectivity index (χ1v) is 13.0. The van der Waals surface area contributed by atoms with E-state index in [0.717, 1.165) is 56.9 Å². The highest BCUT2D eigenvalue weighted by Gasteiger charge is 2.28. The van der Waals surface area contributed by atoms with E-state index in [4.69, 9.17) is 0 Å². The van der Waals surface area contributed by atoms with Gasteiger partial charge in [0.15, 0.2) is 0 Å². The smallest absolute Gasteiger partial charge is 0.253 e. The summed E-state index contributed by atoms with van der Waals surface area (Å²) in [5.41, 5.74) is 1.27. The number of benzene rings is 1. The molecule has 4 rings (SSSR count). The number of hydrogen-bond acceptors (Lipinski definition) is 5. The van der Waals surface area contributed by atoms with Crippen LogP contribution in [0.5, 0.6) is 0 Å². The SMILES string of the molecule is O=C(CN1C(=O)CSc2ccc(C(=O)N3CCCCC3)cc21)NCCCN1CCCCC1. The quantitative estimate of drug-likeness (QED) is 0.636. The monoisotopic (exact) mass is 458 g/mol. The summed E-state index contributed by atoms with van der Waals surface area (Å²) < 4.78 is 0. The second kappa shape index (κ2) is 11.2. The lowest BCUT2D eigenvalue weighted by atomic mass is 10.1. The zero-order chi connectivity index (χ0) is 22.3. The molecule has 0 unspecified atom stereocenters. The second-order valence-electron chi connectivity index (χ2n) is 8.91. The predicted octanol–water partition coefficient (Wildman–Crippen LogP) is 2.74. The standard InChI is InChI=1S/C24H34N4O3S/c29-22(25-10-7-13-26-11-3-1-4-12-26)17-28-20-16-19(8-9-21(20)32-18-23(28)30)24(31)27-14-5-2-6-15-27/h8-9,16H,1-7,10-15,17-18H2,(H,25,29). The van der Waals surface area contributed by atoms with Crippen molar-refractivity contribution in [2.24, 2.45) is 0 Å². The number of carbonyl (C=O) groups excluding carboxylic acids is 3. The van der Waals surface area contributed by atoms with Crippen LogP contribution >= 0.6 is 11.8 Å². The normalized spacial score (nSPS) is 19.6. The third-order valence-electron chi connectivity index (χ3n) is 6.52. The van der Waals surface area contributed by atoms with E-state index in [1.54, 1.807) is 11.0 Å². The highest BCUT2D eigenvalue weighted by Crippen LogP contribution is 2.36. The molecule has 1 N–H and O–H groups in total. The van der Waals surface area contributed by atoms with Crippen LogP contribution in [0.25, 0.3) is 0 Å². The summed E-state index contributed by atoms with van der Waals surface area (Å²) in [5, 5.41) is 2.97. The molecule has 7 nitrogen and oxygen atoms in total. The van der Waals surface area contributed by atoms with Gasteiger partial charge in [-0.15, -0.1) is 11.8 Å². The molecule has 0 aliphatic carbocycles. The predicted molar refractivity (Wildman–Crippen MR) is 127 cm³/mol. The van der Waals surface area contributed by atoms with Crippen molar-refractivity contribution >= 4 is 35.2 Å². The summed E-state index contributed by atoms with van der Waals surface area (Å²) in [5.74, 6) is 0.0862. The molecule has 0 radical (unpaired) electrons. The lowest BCUT2D eigenvalue weighted by Gasteiger charge is -2.30. The van der Waals surface area contributed by atoms with Crippen LogP contribution in [-0.4, -0.2) is 79.1 Å². The van der Waals surface area contributed by atoms with Crippen molar-refractivity contribution < 1.29 is 14.4 Å². The fourth-order valence-electron chi connectivity index (χ4n) is 4.70. The Morgan fingerprint density at radius 3 is 2.44 bits per heavy atom. The Kier molecular flexibility index (Phi) is 8.08. The third kappa shape index (κ3) is 5.84. The number of anilines is 1. The maximum atomic E-state index is 12.9. The van der Waals surface area contributed by atoms with Gasteiger partial charge in [-0.2, -0.15) is 0 Å². The average Bonchev–Trinajstić information content (AvgIpc) is 2.84. The average molecular weight is 459 g/mol. The van der Waals surface area contributed by atoms with Gasteiger partial charge >= 0.3 is 0 Å². The summed E-state index contributed by atoms with van der Waals surface area (Å²) in [7, 11) is 0. The highest BCUT2D eigenvalue weighted by atomic mass is 32.2. The van der Waals surface area contributed by atoms with Gasteiger partial charge < -0.3 is 20.0 Å². The van der Waals surface area contributed by atoms with Gasteiger partial charge in [-0.25, -0.2) is 0 Å². The van der Waals surface area contributed by atoms with Gasteiger partial charge in [0.2, 0.25) is 11.8 Å². The van der Waals surface area contributed by atoms with Gasteiger partial charge in [-0.05, 0) is 76.4 Å². The molecule has 2 saturated heterocycles. The first-order chi connectivity index (χ1) is 15.6. The van der Waals surface area contributed by atoms with Crippen molar-refractivity contribution in [1.82, 2.24) is 15.1 Å². The fourth-order valence-corrected chi connectivity index (χ4v) is 5.62. The fraction of sp³-hybridized carbons (Fsp3) is 0.625. The summed E-state index contributed by atoms with van der Waals surface area (Å²) in [4.78, 5) is 45.0. The van der Waals surface area contributed by atoms with E-state index in [9.17, 15) is 14.4 Å². The van der Waals surface area contributed by atoms with Crippen LogP contribution in [-0.2, 0) is 9.59 Å². The largest absolute Gasteiger partial charge is 0.355 e. The number of nitrogens with zero attached hydrogens (tertiary/aromatic N) is 3. The van der Waals surface area contributed by atoms with Crippen LogP contribution in [0.4, 0.5) is 5.69 Å². The minimum Gasteiger partial charge on any atom is -0.355 e. The topological polar surface area (TPSA) is 73.0 Å². The number of carbonyl (C=O) groups is 3. The summed E-state index contributed by atoms with van der Waals surface area (Å²) >= 11 is 1.47. The van der Waals surface area contributed by atoms with E-state index < -0.39 is 0 Å². The molecule has 0 aromatic heterocycles. The van der Waals surface area contributed by atoms with Crippen molar-refractivity contribution in [3.05, 3.63) is 23.8 Å². The van der Waals surface area contributed by atoms with Crippen LogP contribution in [0.3, 0.4) is 0 Å². The molecule has 3 aliphatic heterocycles. The molecule has 32 heavy (non-hydrogen) atoms. The number of rotatable bonds is 7. The van der Waals surface area contributed by atoms with Gasteiger partial charge in [-0.3, -0.25) is 14.4 Å². The number of nitrogens with one attached hydrogen (secondary N) is 1. The van der Waals surface area contributed by atoms with Crippen LogP contribution in [0.1, 0.15) is 55.3 Å². The molecule has 0 saturated carbocycles. The molecule has 0 bridgehead atoms. The van der Waals surface area contributed by atoms with Crippen LogP contribution in [0.2, 0.25) is 0 Å². The molecule has 3 heterocycles. The van der Waals surface area contributed by atoms with Crippen LogP contribution in [0.15, 0.2) is 23.1 Å². The highest BCUT2D eigenvalue weighted by molar-refractivity contribution is 8.00. The maximum absolute atomic E-state index is 12.9. The summed E-state index contributed by atoms with van der Waals surface area (Å²) in [6.45, 7) is 5.50. The number of piperidine rings is 2. The van der Waals surface area contributed by atoms with Gasteiger partial charge in [0.1, 0.15) is 6.54 Å². The zero-order valence-corrected chi connectivity index (χ0v) is 19.6. The Bertz CT molecular complexity index is 835. The molecule has 174 valence electrons.